The van der Waals surface area contributed by atoms with E-state index in [1.165, 1.54) is 0 Å². The van der Waals surface area contributed by atoms with Crippen molar-refractivity contribution in [1.29, 1.82) is 0 Å². The van der Waals surface area contributed by atoms with Gasteiger partial charge >= 0.3 is 0 Å². The Kier molecular flexibility index (Phi) is 8.41. The number of furan rings is 1. The summed E-state index contributed by atoms with van der Waals surface area (Å²) in [7, 11) is 0. The highest BCUT2D eigenvalue weighted by Gasteiger charge is 2.20. The molecular formula is C54H45N5O. The predicted molar refractivity (Wildman–Crippen MR) is 249 cm³/mol. The van der Waals surface area contributed by atoms with E-state index in [1.54, 1.807) is 12.3 Å². The first-order valence-corrected chi connectivity index (χ1v) is 20.3. The van der Waals surface area contributed by atoms with Gasteiger partial charge in [-0.2, -0.15) is 0 Å². The quantitative estimate of drug-likeness (QED) is 0.153. The maximum absolute atomic E-state index is 8.48. The van der Waals surface area contributed by atoms with Gasteiger partial charge in [-0.25, -0.2) is 9.97 Å². The molecule has 6 nitrogen and oxygen atoms in total. The first kappa shape index (κ1) is 33.5. The van der Waals surface area contributed by atoms with Crippen molar-refractivity contribution in [2.45, 2.75) is 39.5 Å². The number of para-hydroxylation sites is 3. The smallest absolute Gasteiger partial charge is 0.181 e. The minimum Gasteiger partial charge on any atom is -0.460 e. The first-order chi connectivity index (χ1) is 30.5. The molecular weight excluding hydrogens is 735 g/mol. The van der Waals surface area contributed by atoms with Crippen LogP contribution >= 0.6 is 0 Å². The number of rotatable bonds is 9. The summed E-state index contributed by atoms with van der Waals surface area (Å²) in [5.41, 5.74) is 12.3. The molecule has 0 fully saturated rings. The first-order valence-electron chi connectivity index (χ1n) is 21.8. The van der Waals surface area contributed by atoms with Crippen LogP contribution in [0.2, 0.25) is 0 Å². The highest BCUT2D eigenvalue weighted by molar-refractivity contribution is 6.10. The molecule has 0 atom stereocenters. The van der Waals surface area contributed by atoms with Crippen molar-refractivity contribution in [3.8, 4) is 28.1 Å². The standard InChI is InChI=1S/C54H45N5O/c1-35-29-44(38-13-6-5-7-14-38)51(45(30-35)40-15-12-16-41(34-40)54(2,3)4)58-47-19-10-9-18-46(47)57-50-33-37(23-26-55-50)31-36-21-22-43-42-17-8-11-20-48(42)59(49(43)32-36)53-52-39(24-27-56-53)25-28-60-52/h5-30,32-34,58H,31H2,1-4H3,(H,55,57)/i1D3. The number of benzene rings is 6. The van der Waals surface area contributed by atoms with E-state index in [9.17, 15) is 0 Å². The van der Waals surface area contributed by atoms with E-state index in [1.807, 2.05) is 91.3 Å². The molecule has 0 saturated heterocycles. The number of aromatic nitrogens is 3. The van der Waals surface area contributed by atoms with E-state index in [4.69, 9.17) is 18.5 Å². The molecule has 6 heteroatoms. The van der Waals surface area contributed by atoms with Crippen LogP contribution in [0.15, 0.2) is 181 Å². The van der Waals surface area contributed by atoms with Crippen molar-refractivity contribution < 1.29 is 8.53 Å². The Labute approximate surface area is 354 Å². The number of nitrogens with one attached hydrogen (secondary N) is 2. The van der Waals surface area contributed by atoms with Crippen LogP contribution in [0.1, 0.15) is 47.1 Å². The fraction of sp³-hybridized carbons (Fsp3) is 0.111. The van der Waals surface area contributed by atoms with Crippen LogP contribution < -0.4 is 10.6 Å². The van der Waals surface area contributed by atoms with E-state index in [-0.39, 0.29) is 11.0 Å². The SMILES string of the molecule is [2H]C([2H])([2H])c1cc(-c2ccccc2)c(Nc2ccccc2Nc2cc(Cc3ccc4c5ccccc5n(-c5nccc6ccoc56)c4c3)ccn2)c(-c2cccc(C(C)(C)C)c2)c1. The zero-order valence-corrected chi connectivity index (χ0v) is 33.7. The summed E-state index contributed by atoms with van der Waals surface area (Å²) in [5, 5.41) is 10.7. The van der Waals surface area contributed by atoms with Gasteiger partial charge in [0.15, 0.2) is 11.4 Å². The number of hydrogen-bond donors (Lipinski definition) is 2. The topological polar surface area (TPSA) is 67.9 Å². The summed E-state index contributed by atoms with van der Waals surface area (Å²) in [6.07, 6.45) is 6.07. The average molecular weight is 783 g/mol. The molecule has 0 aliphatic rings. The lowest BCUT2D eigenvalue weighted by Gasteiger charge is -2.23. The Morgan fingerprint density at radius 3 is 2.17 bits per heavy atom. The maximum atomic E-state index is 8.48. The molecule has 0 radical (unpaired) electrons. The lowest BCUT2D eigenvalue weighted by Crippen LogP contribution is -2.10. The summed E-state index contributed by atoms with van der Waals surface area (Å²) >= 11 is 0. The Morgan fingerprint density at radius 2 is 1.33 bits per heavy atom. The van der Waals surface area contributed by atoms with Crippen LogP contribution in [0.5, 0.6) is 0 Å². The predicted octanol–water partition coefficient (Wildman–Crippen LogP) is 14.3. The van der Waals surface area contributed by atoms with Gasteiger partial charge in [-0.3, -0.25) is 4.57 Å². The van der Waals surface area contributed by atoms with Crippen LogP contribution in [0.25, 0.3) is 60.8 Å². The third-order valence-corrected chi connectivity index (χ3v) is 11.2. The molecule has 0 spiro atoms. The molecule has 0 amide bonds. The van der Waals surface area contributed by atoms with Gasteiger partial charge in [0.25, 0.3) is 0 Å². The monoisotopic (exact) mass is 782 g/mol. The zero-order chi connectivity index (χ0) is 43.3. The Bertz CT molecular complexity index is 3310. The van der Waals surface area contributed by atoms with Gasteiger partial charge in [0, 0.05) is 43.8 Å². The molecule has 0 saturated carbocycles. The Balaban J connectivity index is 1.01. The van der Waals surface area contributed by atoms with Gasteiger partial charge in [0.05, 0.1) is 34.4 Å². The number of nitrogens with zero attached hydrogens (tertiary/aromatic N) is 3. The van der Waals surface area contributed by atoms with Gasteiger partial charge in [-0.1, -0.05) is 118 Å². The minimum atomic E-state index is -2.31. The number of hydrogen-bond acceptors (Lipinski definition) is 5. The van der Waals surface area contributed by atoms with Crippen molar-refractivity contribution >= 4 is 55.7 Å². The van der Waals surface area contributed by atoms with E-state index < -0.39 is 6.85 Å². The summed E-state index contributed by atoms with van der Waals surface area (Å²) in [6.45, 7) is 4.24. The van der Waals surface area contributed by atoms with Crippen LogP contribution in [-0.4, -0.2) is 14.5 Å². The fourth-order valence-corrected chi connectivity index (χ4v) is 8.26. The molecule has 4 heterocycles. The maximum Gasteiger partial charge on any atom is 0.181 e. The highest BCUT2D eigenvalue weighted by Crippen LogP contribution is 2.43. The van der Waals surface area contributed by atoms with Crippen LogP contribution in [0, 0.1) is 6.85 Å². The molecule has 2 N–H and O–H groups in total. The highest BCUT2D eigenvalue weighted by atomic mass is 16.3. The number of aryl methyl sites for hydroxylation is 1. The Morgan fingerprint density at radius 1 is 0.617 bits per heavy atom. The number of anilines is 4. The molecule has 10 aromatic rings. The third kappa shape index (κ3) is 6.96. The number of pyridine rings is 2. The average Bonchev–Trinajstić information content (AvgIpc) is 3.90. The molecule has 0 aliphatic carbocycles. The second kappa shape index (κ2) is 15.1. The van der Waals surface area contributed by atoms with Gasteiger partial charge in [-0.15, -0.1) is 0 Å². The van der Waals surface area contributed by atoms with Crippen molar-refractivity contribution in [2.75, 3.05) is 10.6 Å². The zero-order valence-electron chi connectivity index (χ0n) is 36.7. The van der Waals surface area contributed by atoms with Crippen LogP contribution in [0.4, 0.5) is 22.9 Å². The molecule has 292 valence electrons. The van der Waals surface area contributed by atoms with E-state index in [0.717, 1.165) is 94.6 Å². The summed E-state index contributed by atoms with van der Waals surface area (Å²) in [6, 6.07) is 53.2. The normalized spacial score (nSPS) is 12.7. The molecule has 0 aliphatic heterocycles. The van der Waals surface area contributed by atoms with E-state index >= 15 is 0 Å². The van der Waals surface area contributed by atoms with Crippen molar-refractivity contribution in [2.24, 2.45) is 0 Å². The largest absolute Gasteiger partial charge is 0.460 e. The summed E-state index contributed by atoms with van der Waals surface area (Å²) in [4.78, 5) is 9.57. The number of fused-ring (bicyclic) bond motifs is 4. The molecule has 60 heavy (non-hydrogen) atoms. The van der Waals surface area contributed by atoms with Crippen molar-refractivity contribution in [3.63, 3.8) is 0 Å². The second-order valence-electron chi connectivity index (χ2n) is 16.3. The molecule has 10 rings (SSSR count). The molecule has 6 aromatic carbocycles. The van der Waals surface area contributed by atoms with Crippen LogP contribution in [0.3, 0.4) is 0 Å². The summed E-state index contributed by atoms with van der Waals surface area (Å²) < 4.78 is 33.6. The van der Waals surface area contributed by atoms with Gasteiger partial charge in [-0.05, 0) is 113 Å². The lowest BCUT2D eigenvalue weighted by atomic mass is 9.84. The summed E-state index contributed by atoms with van der Waals surface area (Å²) in [5.74, 6) is 1.46. The Hall–Kier alpha value is -7.44. The minimum absolute atomic E-state index is 0.106. The van der Waals surface area contributed by atoms with E-state index in [0.29, 0.717) is 12.2 Å². The molecule has 0 unspecified atom stereocenters. The fourth-order valence-electron chi connectivity index (χ4n) is 8.26. The van der Waals surface area contributed by atoms with Crippen LogP contribution in [-0.2, 0) is 11.8 Å². The van der Waals surface area contributed by atoms with Crippen molar-refractivity contribution in [1.82, 2.24) is 14.5 Å². The van der Waals surface area contributed by atoms with Gasteiger partial charge in [0.1, 0.15) is 5.82 Å². The van der Waals surface area contributed by atoms with E-state index in [2.05, 4.69) is 109 Å². The lowest BCUT2D eigenvalue weighted by molar-refractivity contribution is 0.590. The van der Waals surface area contributed by atoms with Gasteiger partial charge in [0.2, 0.25) is 0 Å². The second-order valence-corrected chi connectivity index (χ2v) is 16.3. The molecule has 4 aromatic heterocycles. The van der Waals surface area contributed by atoms with Crippen molar-refractivity contribution in [3.05, 3.63) is 199 Å². The third-order valence-electron chi connectivity index (χ3n) is 11.2. The van der Waals surface area contributed by atoms with Gasteiger partial charge < -0.3 is 15.1 Å². The molecule has 0 bridgehead atoms.